The average molecular weight is 451 g/mol. The van der Waals surface area contributed by atoms with Crippen molar-refractivity contribution in [1.82, 2.24) is 29.2 Å². The fourth-order valence-corrected chi connectivity index (χ4v) is 4.88. The molecule has 1 aliphatic rings. The maximum Gasteiger partial charge on any atom is 0.228 e. The summed E-state index contributed by atoms with van der Waals surface area (Å²) in [5, 5.41) is 2.95. The number of nitrogens with zero attached hydrogens (tertiary/aromatic N) is 6. The molecular formula is C23H23FN6OS. The quantitative estimate of drug-likeness (QED) is 0.463. The maximum absolute atomic E-state index is 13.7. The van der Waals surface area contributed by atoms with Crippen molar-refractivity contribution < 1.29 is 9.18 Å². The minimum atomic E-state index is -0.340. The summed E-state index contributed by atoms with van der Waals surface area (Å²) in [5.74, 6) is 0.652. The number of piperidine rings is 1. The van der Waals surface area contributed by atoms with Crippen LogP contribution in [-0.2, 0) is 17.6 Å². The number of likely N-dealkylation sites (tertiary alicyclic amines) is 1. The van der Waals surface area contributed by atoms with Gasteiger partial charge in [-0.2, -0.15) is 0 Å². The van der Waals surface area contributed by atoms with Gasteiger partial charge in [0.15, 0.2) is 5.82 Å². The summed E-state index contributed by atoms with van der Waals surface area (Å²) in [4.78, 5) is 32.6. The molecule has 0 aromatic carbocycles. The first kappa shape index (κ1) is 20.7. The molecule has 4 aromatic rings. The van der Waals surface area contributed by atoms with Crippen LogP contribution < -0.4 is 0 Å². The van der Waals surface area contributed by atoms with Crippen molar-refractivity contribution in [3.8, 4) is 11.5 Å². The lowest BCUT2D eigenvalue weighted by Crippen LogP contribution is -2.41. The highest BCUT2D eigenvalue weighted by Crippen LogP contribution is 2.23. The molecular weight excluding hydrogens is 427 g/mol. The molecule has 0 saturated carbocycles. The van der Waals surface area contributed by atoms with Crippen LogP contribution in [0.25, 0.3) is 17.2 Å². The second kappa shape index (κ2) is 8.74. The third-order valence-electron chi connectivity index (χ3n) is 5.78. The first-order chi connectivity index (χ1) is 15.5. The first-order valence-corrected chi connectivity index (χ1v) is 11.6. The summed E-state index contributed by atoms with van der Waals surface area (Å²) in [5.41, 5.74) is 3.06. The number of rotatable bonds is 5. The fraction of sp³-hybridized carbons (Fsp3) is 0.348. The highest BCUT2D eigenvalue weighted by Gasteiger charge is 2.25. The van der Waals surface area contributed by atoms with Crippen LogP contribution in [0, 0.1) is 18.7 Å². The predicted octanol–water partition coefficient (Wildman–Crippen LogP) is 3.72. The van der Waals surface area contributed by atoms with Gasteiger partial charge in [0, 0.05) is 36.6 Å². The Bertz CT molecular complexity index is 1270. The van der Waals surface area contributed by atoms with Gasteiger partial charge in [-0.15, -0.1) is 11.3 Å². The number of amides is 1. The second-order valence-electron chi connectivity index (χ2n) is 8.18. The van der Waals surface area contributed by atoms with Gasteiger partial charge in [0.25, 0.3) is 0 Å². The Morgan fingerprint density at radius 1 is 1.22 bits per heavy atom. The van der Waals surface area contributed by atoms with E-state index < -0.39 is 0 Å². The van der Waals surface area contributed by atoms with Gasteiger partial charge in [-0.1, -0.05) is 0 Å². The van der Waals surface area contributed by atoms with E-state index in [2.05, 4.69) is 15.0 Å². The number of imidazole rings is 1. The standard InChI is InChI=1S/C23H23FN6OS/c1-15-27-19(14-32-15)10-22(31)29-8-2-3-16(12-29)9-18-6-7-25-23(28-18)20-11-26-21-5-4-17(24)13-30(20)21/h4-7,11,13-14,16H,2-3,8-10,12H2,1H3/t16-/m0/s1. The van der Waals surface area contributed by atoms with Crippen LogP contribution in [0.4, 0.5) is 4.39 Å². The Balaban J connectivity index is 1.29. The van der Waals surface area contributed by atoms with Crippen LogP contribution >= 0.6 is 11.3 Å². The molecule has 164 valence electrons. The Labute approximate surface area is 189 Å². The monoisotopic (exact) mass is 450 g/mol. The Morgan fingerprint density at radius 3 is 2.97 bits per heavy atom. The molecule has 0 spiro atoms. The van der Waals surface area contributed by atoms with Crippen LogP contribution in [-0.4, -0.2) is 48.2 Å². The Morgan fingerprint density at radius 2 is 2.12 bits per heavy atom. The van der Waals surface area contributed by atoms with Gasteiger partial charge in [0.1, 0.15) is 17.2 Å². The molecule has 9 heteroatoms. The number of hydrogen-bond donors (Lipinski definition) is 0. The van der Waals surface area contributed by atoms with Gasteiger partial charge < -0.3 is 4.90 Å². The topological polar surface area (TPSA) is 76.3 Å². The SMILES string of the molecule is Cc1nc(CC(=O)N2CCC[C@@H](Cc3ccnc(-c4cnc5ccc(F)cn45)n3)C2)cs1. The minimum absolute atomic E-state index is 0.135. The zero-order valence-corrected chi connectivity index (χ0v) is 18.6. The van der Waals surface area contributed by atoms with E-state index in [-0.39, 0.29) is 11.7 Å². The summed E-state index contributed by atoms with van der Waals surface area (Å²) in [6.07, 6.45) is 7.94. The summed E-state index contributed by atoms with van der Waals surface area (Å²) < 4.78 is 15.4. The van der Waals surface area contributed by atoms with Crippen LogP contribution in [0.15, 0.2) is 42.2 Å². The number of carbonyl (C=O) groups excluding carboxylic acids is 1. The molecule has 1 atom stereocenters. The zero-order valence-electron chi connectivity index (χ0n) is 17.7. The van der Waals surface area contributed by atoms with E-state index in [0.717, 1.165) is 48.7 Å². The molecule has 5 heterocycles. The summed E-state index contributed by atoms with van der Waals surface area (Å²) >= 11 is 1.57. The van der Waals surface area contributed by atoms with E-state index >= 15 is 0 Å². The fourth-order valence-electron chi connectivity index (χ4n) is 4.26. The van der Waals surface area contributed by atoms with E-state index in [1.54, 1.807) is 34.2 Å². The highest BCUT2D eigenvalue weighted by molar-refractivity contribution is 7.09. The number of thiazole rings is 1. The van der Waals surface area contributed by atoms with Crippen LogP contribution in [0.1, 0.15) is 29.2 Å². The van der Waals surface area contributed by atoms with Gasteiger partial charge in [0.2, 0.25) is 5.91 Å². The molecule has 32 heavy (non-hydrogen) atoms. The Hall–Kier alpha value is -3.20. The van der Waals surface area contributed by atoms with Gasteiger partial charge in [-0.05, 0) is 50.3 Å². The van der Waals surface area contributed by atoms with Crippen molar-refractivity contribution in [2.75, 3.05) is 13.1 Å². The molecule has 1 fully saturated rings. The third-order valence-corrected chi connectivity index (χ3v) is 6.60. The molecule has 1 amide bonds. The van der Waals surface area contributed by atoms with Gasteiger partial charge in [-0.25, -0.2) is 24.3 Å². The van der Waals surface area contributed by atoms with Crippen molar-refractivity contribution in [3.05, 3.63) is 64.4 Å². The summed E-state index contributed by atoms with van der Waals surface area (Å²) in [6.45, 7) is 3.47. The number of halogens is 1. The number of pyridine rings is 1. The predicted molar refractivity (Wildman–Crippen MR) is 120 cm³/mol. The van der Waals surface area contributed by atoms with Crippen molar-refractivity contribution in [3.63, 3.8) is 0 Å². The van der Waals surface area contributed by atoms with Gasteiger partial charge >= 0.3 is 0 Å². The number of hydrogen-bond acceptors (Lipinski definition) is 6. The molecule has 0 radical (unpaired) electrons. The van der Waals surface area contributed by atoms with Crippen molar-refractivity contribution in [1.29, 1.82) is 0 Å². The average Bonchev–Trinajstić information content (AvgIpc) is 3.39. The van der Waals surface area contributed by atoms with E-state index in [9.17, 15) is 9.18 Å². The normalized spacial score (nSPS) is 16.6. The Kier molecular flexibility index (Phi) is 5.65. The van der Waals surface area contributed by atoms with Crippen LogP contribution in [0.2, 0.25) is 0 Å². The number of aryl methyl sites for hydroxylation is 1. The van der Waals surface area contributed by atoms with Crippen LogP contribution in [0.3, 0.4) is 0 Å². The van der Waals surface area contributed by atoms with E-state index in [1.165, 1.54) is 12.3 Å². The summed E-state index contributed by atoms with van der Waals surface area (Å²) in [7, 11) is 0. The first-order valence-electron chi connectivity index (χ1n) is 10.7. The van der Waals surface area contributed by atoms with Gasteiger partial charge in [-0.3, -0.25) is 9.20 Å². The number of fused-ring (bicyclic) bond motifs is 1. The lowest BCUT2D eigenvalue weighted by atomic mass is 9.93. The maximum atomic E-state index is 13.7. The van der Waals surface area contributed by atoms with Crippen molar-refractivity contribution in [2.24, 2.45) is 5.92 Å². The molecule has 1 aliphatic heterocycles. The molecule has 7 nitrogen and oxygen atoms in total. The number of carbonyl (C=O) groups is 1. The van der Waals surface area contributed by atoms with E-state index in [4.69, 9.17) is 4.98 Å². The molecule has 1 saturated heterocycles. The lowest BCUT2D eigenvalue weighted by molar-refractivity contribution is -0.132. The zero-order chi connectivity index (χ0) is 22.1. The van der Waals surface area contributed by atoms with E-state index in [1.807, 2.05) is 23.3 Å². The van der Waals surface area contributed by atoms with Crippen molar-refractivity contribution in [2.45, 2.75) is 32.6 Å². The van der Waals surface area contributed by atoms with Crippen LogP contribution in [0.5, 0.6) is 0 Å². The second-order valence-corrected chi connectivity index (χ2v) is 9.24. The molecule has 0 aliphatic carbocycles. The molecule has 5 rings (SSSR count). The lowest BCUT2D eigenvalue weighted by Gasteiger charge is -2.32. The molecule has 4 aromatic heterocycles. The third kappa shape index (κ3) is 4.38. The largest absolute Gasteiger partial charge is 0.342 e. The molecule has 0 unspecified atom stereocenters. The van der Waals surface area contributed by atoms with Gasteiger partial charge in [0.05, 0.1) is 23.3 Å². The molecule has 0 bridgehead atoms. The minimum Gasteiger partial charge on any atom is -0.342 e. The summed E-state index contributed by atoms with van der Waals surface area (Å²) in [6, 6.07) is 4.92. The van der Waals surface area contributed by atoms with Crippen molar-refractivity contribution >= 4 is 22.9 Å². The highest BCUT2D eigenvalue weighted by atomic mass is 32.1. The number of aromatic nitrogens is 5. The molecule has 0 N–H and O–H groups in total. The van der Waals surface area contributed by atoms with E-state index in [0.29, 0.717) is 29.5 Å². The smallest absolute Gasteiger partial charge is 0.228 e.